The Morgan fingerprint density at radius 2 is 1.88 bits per heavy atom. The number of rotatable bonds is 7. The molecule has 0 spiro atoms. The maximum absolute atomic E-state index is 11.6. The third kappa shape index (κ3) is 8.27. The molecule has 0 unspecified atom stereocenters. The normalized spacial score (nSPS) is 9.64. The number of hydrogen-bond donors (Lipinski definition) is 2. The predicted molar refractivity (Wildman–Crippen MR) is 104 cm³/mol. The minimum absolute atomic E-state index is 0.199. The first kappa shape index (κ1) is 18.9. The number of carbonyl (C=O) groups is 1. The van der Waals surface area contributed by atoms with E-state index in [1.807, 2.05) is 42.5 Å². The fraction of sp³-hybridized carbons (Fsp3) is 0.250. The fourth-order valence-electron chi connectivity index (χ4n) is 2.12. The van der Waals surface area contributed by atoms with Crippen molar-refractivity contribution in [1.29, 1.82) is 0 Å². The Bertz CT molecular complexity index is 723. The van der Waals surface area contributed by atoms with Gasteiger partial charge in [0.1, 0.15) is 12.4 Å². The molecule has 2 aromatic carbocycles. The maximum atomic E-state index is 11.6. The van der Waals surface area contributed by atoms with E-state index in [4.69, 9.17) is 4.74 Å². The number of halogens is 1. The minimum Gasteiger partial charge on any atom is -0.481 e. The average Bonchev–Trinajstić information content (AvgIpc) is 2.62. The molecule has 0 bridgehead atoms. The Hall–Kier alpha value is -2.45. The lowest BCUT2D eigenvalue weighted by molar-refractivity contribution is 0.242. The zero-order valence-electron chi connectivity index (χ0n) is 13.9. The van der Waals surface area contributed by atoms with Crippen molar-refractivity contribution < 1.29 is 9.53 Å². The summed E-state index contributed by atoms with van der Waals surface area (Å²) < 4.78 is 6.45. The quantitative estimate of drug-likeness (QED) is 0.548. The zero-order chi connectivity index (χ0) is 17.7. The molecule has 4 nitrogen and oxygen atoms in total. The lowest BCUT2D eigenvalue weighted by atomic mass is 10.1. The molecule has 5 heteroatoms. The van der Waals surface area contributed by atoms with Crippen molar-refractivity contribution in [3.8, 4) is 17.6 Å². The van der Waals surface area contributed by atoms with Gasteiger partial charge < -0.3 is 15.4 Å². The molecule has 130 valence electrons. The molecule has 2 N–H and O–H groups in total. The van der Waals surface area contributed by atoms with Crippen LogP contribution < -0.4 is 15.4 Å². The van der Waals surface area contributed by atoms with Crippen molar-refractivity contribution in [2.75, 3.05) is 19.7 Å². The second-order valence-electron chi connectivity index (χ2n) is 5.30. The second-order valence-corrected chi connectivity index (χ2v) is 6.21. The van der Waals surface area contributed by atoms with Crippen LogP contribution in [0.1, 0.15) is 12.0 Å². The van der Waals surface area contributed by atoms with Gasteiger partial charge in [0.2, 0.25) is 0 Å². The summed E-state index contributed by atoms with van der Waals surface area (Å²) in [5.41, 5.74) is 1.28. The molecule has 25 heavy (non-hydrogen) atoms. The van der Waals surface area contributed by atoms with Gasteiger partial charge in [0, 0.05) is 11.0 Å². The number of ether oxygens (including phenoxy) is 1. The van der Waals surface area contributed by atoms with E-state index in [-0.39, 0.29) is 12.6 Å². The molecule has 0 heterocycles. The zero-order valence-corrected chi connectivity index (χ0v) is 15.5. The molecule has 0 radical (unpaired) electrons. The highest BCUT2D eigenvalue weighted by molar-refractivity contribution is 9.10. The highest BCUT2D eigenvalue weighted by Crippen LogP contribution is 2.17. The van der Waals surface area contributed by atoms with E-state index >= 15 is 0 Å². The van der Waals surface area contributed by atoms with Gasteiger partial charge in [-0.2, -0.15) is 0 Å². The van der Waals surface area contributed by atoms with Crippen molar-refractivity contribution in [3.05, 3.63) is 64.6 Å². The highest BCUT2D eigenvalue weighted by Gasteiger charge is 1.97. The molecule has 0 aliphatic heterocycles. The second kappa shape index (κ2) is 11.2. The predicted octanol–water partition coefficient (Wildman–Crippen LogP) is 3.76. The van der Waals surface area contributed by atoms with Crippen LogP contribution in [0, 0.1) is 11.8 Å². The van der Waals surface area contributed by atoms with Gasteiger partial charge in [-0.1, -0.05) is 64.2 Å². The monoisotopic (exact) mass is 400 g/mol. The number of carbonyl (C=O) groups excluding carboxylic acids is 1. The first-order valence-electron chi connectivity index (χ1n) is 8.14. The van der Waals surface area contributed by atoms with Crippen LogP contribution in [0.4, 0.5) is 4.79 Å². The Kier molecular flexibility index (Phi) is 8.43. The van der Waals surface area contributed by atoms with E-state index in [1.165, 1.54) is 5.56 Å². The van der Waals surface area contributed by atoms with Crippen LogP contribution in [0.3, 0.4) is 0 Å². The van der Waals surface area contributed by atoms with Gasteiger partial charge in [0.25, 0.3) is 0 Å². The fourth-order valence-corrected chi connectivity index (χ4v) is 2.49. The van der Waals surface area contributed by atoms with E-state index in [1.54, 1.807) is 0 Å². The van der Waals surface area contributed by atoms with Crippen LogP contribution in [-0.4, -0.2) is 25.7 Å². The topological polar surface area (TPSA) is 50.4 Å². The van der Waals surface area contributed by atoms with Crippen LogP contribution >= 0.6 is 15.9 Å². The van der Waals surface area contributed by atoms with Gasteiger partial charge in [0.05, 0.1) is 6.54 Å². The number of aryl methyl sites for hydroxylation is 1. The number of urea groups is 1. The third-order valence-electron chi connectivity index (χ3n) is 3.34. The summed E-state index contributed by atoms with van der Waals surface area (Å²) in [6.45, 7) is 1.23. The van der Waals surface area contributed by atoms with E-state index < -0.39 is 0 Å². The summed E-state index contributed by atoms with van der Waals surface area (Å²) in [5.74, 6) is 6.48. The summed E-state index contributed by atoms with van der Waals surface area (Å²) in [4.78, 5) is 11.6. The summed E-state index contributed by atoms with van der Waals surface area (Å²) in [7, 11) is 0. The van der Waals surface area contributed by atoms with Crippen LogP contribution in [0.2, 0.25) is 0 Å². The van der Waals surface area contributed by atoms with Crippen molar-refractivity contribution in [2.24, 2.45) is 0 Å². The number of nitrogens with one attached hydrogen (secondary N) is 2. The Balaban J connectivity index is 1.52. The standard InChI is InChI=1S/C20H21BrN2O2/c21-18-11-6-12-19(16-18)25-15-5-4-13-22-20(24)23-14-7-10-17-8-2-1-3-9-17/h1-3,6,8-9,11-12,16H,7,10,13-15H2,(H2,22,23,24). The number of hydrogen-bond acceptors (Lipinski definition) is 2. The maximum Gasteiger partial charge on any atom is 0.315 e. The van der Waals surface area contributed by atoms with Crippen LogP contribution in [-0.2, 0) is 6.42 Å². The highest BCUT2D eigenvalue weighted by atomic mass is 79.9. The molecular weight excluding hydrogens is 380 g/mol. The van der Waals surface area contributed by atoms with Gasteiger partial charge in [-0.25, -0.2) is 4.79 Å². The first-order chi connectivity index (χ1) is 12.2. The Morgan fingerprint density at radius 1 is 1.04 bits per heavy atom. The van der Waals surface area contributed by atoms with Crippen molar-refractivity contribution in [3.63, 3.8) is 0 Å². The Labute approximate surface area is 157 Å². The van der Waals surface area contributed by atoms with Gasteiger partial charge >= 0.3 is 6.03 Å². The van der Waals surface area contributed by atoms with Gasteiger partial charge in [-0.15, -0.1) is 0 Å². The molecule has 0 aromatic heterocycles. The van der Waals surface area contributed by atoms with E-state index in [0.29, 0.717) is 13.1 Å². The van der Waals surface area contributed by atoms with Crippen LogP contribution in [0.25, 0.3) is 0 Å². The summed E-state index contributed by atoms with van der Waals surface area (Å²) in [6, 6.07) is 17.6. The van der Waals surface area contributed by atoms with Crippen molar-refractivity contribution >= 4 is 22.0 Å². The Morgan fingerprint density at radius 3 is 2.68 bits per heavy atom. The summed E-state index contributed by atoms with van der Waals surface area (Å²) in [6.07, 6.45) is 1.86. The first-order valence-corrected chi connectivity index (χ1v) is 8.93. The van der Waals surface area contributed by atoms with Gasteiger partial charge in [-0.05, 0) is 36.6 Å². The summed E-state index contributed by atoms with van der Waals surface area (Å²) in [5, 5.41) is 5.52. The molecule has 0 aliphatic rings. The van der Waals surface area contributed by atoms with Gasteiger partial charge in [0.15, 0.2) is 0 Å². The molecule has 2 aromatic rings. The van der Waals surface area contributed by atoms with Crippen LogP contribution in [0.15, 0.2) is 59.1 Å². The van der Waals surface area contributed by atoms with E-state index in [0.717, 1.165) is 23.1 Å². The number of benzene rings is 2. The molecule has 0 fully saturated rings. The van der Waals surface area contributed by atoms with Crippen molar-refractivity contribution in [2.45, 2.75) is 12.8 Å². The lowest BCUT2D eigenvalue weighted by Crippen LogP contribution is -2.36. The summed E-state index contributed by atoms with van der Waals surface area (Å²) >= 11 is 3.38. The molecule has 0 atom stereocenters. The average molecular weight is 401 g/mol. The van der Waals surface area contributed by atoms with Crippen LogP contribution in [0.5, 0.6) is 5.75 Å². The van der Waals surface area contributed by atoms with E-state index in [9.17, 15) is 4.79 Å². The smallest absolute Gasteiger partial charge is 0.315 e. The van der Waals surface area contributed by atoms with Crippen molar-refractivity contribution in [1.82, 2.24) is 10.6 Å². The molecule has 2 amide bonds. The molecule has 0 saturated heterocycles. The molecular formula is C20H21BrN2O2. The minimum atomic E-state index is -0.199. The lowest BCUT2D eigenvalue weighted by Gasteiger charge is -2.05. The largest absolute Gasteiger partial charge is 0.481 e. The SMILES string of the molecule is O=C(NCC#CCOc1cccc(Br)c1)NCCCc1ccccc1. The molecule has 0 aliphatic carbocycles. The third-order valence-corrected chi connectivity index (χ3v) is 3.83. The van der Waals surface area contributed by atoms with Gasteiger partial charge in [-0.3, -0.25) is 0 Å². The van der Waals surface area contributed by atoms with E-state index in [2.05, 4.69) is 50.5 Å². The number of amides is 2. The molecule has 0 saturated carbocycles. The molecule has 2 rings (SSSR count).